The number of pyridine rings is 1. The molecule has 2 N–H and O–H groups in total. The van der Waals surface area contributed by atoms with E-state index in [0.717, 1.165) is 24.6 Å². The molecule has 0 spiro atoms. The number of nitrogens with zero attached hydrogens (tertiary/aromatic N) is 1. The first kappa shape index (κ1) is 16.7. The molecule has 0 saturated carbocycles. The number of piperazine rings is 1. The number of hydrogen-bond donors (Lipinski definition) is 2. The molecule has 1 fully saturated rings. The molecule has 1 aliphatic heterocycles. The van der Waals surface area contributed by atoms with Gasteiger partial charge in [-0.05, 0) is 24.3 Å². The molecule has 5 heteroatoms. The summed E-state index contributed by atoms with van der Waals surface area (Å²) in [7, 11) is 3.36. The molecule has 0 unspecified atom stereocenters. The summed E-state index contributed by atoms with van der Waals surface area (Å²) < 4.78 is 10.7. The van der Waals surface area contributed by atoms with Gasteiger partial charge in [-0.2, -0.15) is 0 Å². The summed E-state index contributed by atoms with van der Waals surface area (Å²) >= 11 is 0. The maximum atomic E-state index is 5.41. The largest absolute Gasteiger partial charge is 0.493 e. The van der Waals surface area contributed by atoms with Crippen LogP contribution >= 0.6 is 0 Å². The van der Waals surface area contributed by atoms with E-state index in [-0.39, 0.29) is 0 Å². The second-order valence-corrected chi connectivity index (χ2v) is 6.40. The van der Waals surface area contributed by atoms with Crippen LogP contribution in [0.5, 0.6) is 11.5 Å². The lowest BCUT2D eigenvalue weighted by Gasteiger charge is -2.29. The second kappa shape index (κ2) is 8.13. The van der Waals surface area contributed by atoms with Gasteiger partial charge in [0.05, 0.1) is 14.2 Å². The van der Waals surface area contributed by atoms with Crippen molar-refractivity contribution >= 4 is 0 Å². The number of benzene rings is 1. The maximum absolute atomic E-state index is 5.41. The molecular formula is C19H27N3O2+2. The van der Waals surface area contributed by atoms with Crippen LogP contribution in [0.3, 0.4) is 0 Å². The Labute approximate surface area is 143 Å². The van der Waals surface area contributed by atoms with Gasteiger partial charge in [-0.25, -0.2) is 0 Å². The first-order valence-corrected chi connectivity index (χ1v) is 8.55. The molecule has 2 heterocycles. The van der Waals surface area contributed by atoms with E-state index in [1.165, 1.54) is 37.3 Å². The van der Waals surface area contributed by atoms with Gasteiger partial charge in [-0.3, -0.25) is 4.98 Å². The molecule has 0 amide bonds. The van der Waals surface area contributed by atoms with E-state index in [0.29, 0.717) is 0 Å². The van der Waals surface area contributed by atoms with Crippen molar-refractivity contribution in [3.05, 3.63) is 53.9 Å². The average molecular weight is 329 g/mol. The van der Waals surface area contributed by atoms with Crippen molar-refractivity contribution < 1.29 is 19.3 Å². The number of methoxy groups -OCH3 is 2. The summed E-state index contributed by atoms with van der Waals surface area (Å²) in [5.74, 6) is 1.61. The Morgan fingerprint density at radius 2 is 1.54 bits per heavy atom. The first-order valence-electron chi connectivity index (χ1n) is 8.55. The lowest BCUT2D eigenvalue weighted by molar-refractivity contribution is -1.02. The molecule has 0 atom stereocenters. The van der Waals surface area contributed by atoms with Gasteiger partial charge in [0.25, 0.3) is 0 Å². The van der Waals surface area contributed by atoms with Crippen LogP contribution in [0, 0.1) is 0 Å². The van der Waals surface area contributed by atoms with Crippen LogP contribution in [0.1, 0.15) is 11.1 Å². The van der Waals surface area contributed by atoms with Crippen LogP contribution in [0.2, 0.25) is 0 Å². The number of aromatic nitrogens is 1. The lowest BCUT2D eigenvalue weighted by atomic mass is 10.1. The fourth-order valence-corrected chi connectivity index (χ4v) is 3.38. The van der Waals surface area contributed by atoms with Crippen molar-refractivity contribution in [1.82, 2.24) is 4.98 Å². The van der Waals surface area contributed by atoms with Crippen molar-refractivity contribution in [2.75, 3.05) is 40.4 Å². The van der Waals surface area contributed by atoms with Gasteiger partial charge in [0.1, 0.15) is 39.3 Å². The highest BCUT2D eigenvalue weighted by Gasteiger charge is 2.23. The Hall–Kier alpha value is -2.11. The summed E-state index contributed by atoms with van der Waals surface area (Å²) in [5.41, 5.74) is 2.63. The van der Waals surface area contributed by atoms with Gasteiger partial charge in [0.15, 0.2) is 11.5 Å². The Morgan fingerprint density at radius 1 is 0.875 bits per heavy atom. The van der Waals surface area contributed by atoms with Crippen molar-refractivity contribution in [1.29, 1.82) is 0 Å². The molecule has 128 valence electrons. The van der Waals surface area contributed by atoms with Crippen molar-refractivity contribution in [3.63, 3.8) is 0 Å². The third-order valence-electron chi connectivity index (χ3n) is 4.74. The molecule has 24 heavy (non-hydrogen) atoms. The van der Waals surface area contributed by atoms with E-state index in [1.54, 1.807) is 24.0 Å². The topological polar surface area (TPSA) is 40.2 Å². The van der Waals surface area contributed by atoms with Gasteiger partial charge in [-0.1, -0.05) is 6.07 Å². The minimum atomic E-state index is 0.794. The van der Waals surface area contributed by atoms with Crippen molar-refractivity contribution in [2.45, 2.75) is 13.1 Å². The Morgan fingerprint density at radius 3 is 2.12 bits per heavy atom. The van der Waals surface area contributed by atoms with Crippen LogP contribution < -0.4 is 19.3 Å². The molecule has 3 rings (SSSR count). The molecule has 0 bridgehead atoms. The highest BCUT2D eigenvalue weighted by atomic mass is 16.5. The lowest BCUT2D eigenvalue weighted by Crippen LogP contribution is -3.27. The molecule has 1 aromatic heterocycles. The molecule has 0 aliphatic carbocycles. The van der Waals surface area contributed by atoms with E-state index < -0.39 is 0 Å². The normalized spacial score (nSPS) is 20.6. The Kier molecular flexibility index (Phi) is 5.67. The molecule has 5 nitrogen and oxygen atoms in total. The number of ether oxygens (including phenoxy) is 2. The molecule has 1 saturated heterocycles. The highest BCUT2D eigenvalue weighted by Crippen LogP contribution is 2.27. The van der Waals surface area contributed by atoms with Gasteiger partial charge >= 0.3 is 0 Å². The fourth-order valence-electron chi connectivity index (χ4n) is 3.38. The summed E-state index contributed by atoms with van der Waals surface area (Å²) in [6, 6.07) is 10.4. The number of quaternary nitrogens is 2. The first-order chi connectivity index (χ1) is 11.8. The quantitative estimate of drug-likeness (QED) is 0.756. The standard InChI is InChI=1S/C19H25N3O2/c1-23-18-6-5-16(12-19(18)24-2)14-21-8-10-22(11-9-21)15-17-4-3-7-20-13-17/h3-7,12-13H,8-11,14-15H2,1-2H3/p+2. The number of rotatable bonds is 6. The van der Waals surface area contributed by atoms with E-state index in [4.69, 9.17) is 9.47 Å². The molecule has 1 aliphatic rings. The summed E-state index contributed by atoms with van der Waals surface area (Å²) in [4.78, 5) is 7.50. The highest BCUT2D eigenvalue weighted by molar-refractivity contribution is 5.42. The fraction of sp³-hybridized carbons (Fsp3) is 0.421. The van der Waals surface area contributed by atoms with Gasteiger partial charge in [0, 0.05) is 23.5 Å². The van der Waals surface area contributed by atoms with E-state index in [2.05, 4.69) is 23.2 Å². The zero-order chi connectivity index (χ0) is 16.8. The van der Waals surface area contributed by atoms with Gasteiger partial charge < -0.3 is 19.3 Å². The summed E-state index contributed by atoms with van der Waals surface area (Å²) in [5, 5.41) is 0. The Balaban J connectivity index is 1.52. The van der Waals surface area contributed by atoms with Gasteiger partial charge in [0.2, 0.25) is 0 Å². The van der Waals surface area contributed by atoms with E-state index >= 15 is 0 Å². The van der Waals surface area contributed by atoms with Crippen LogP contribution in [0.25, 0.3) is 0 Å². The van der Waals surface area contributed by atoms with Gasteiger partial charge in [-0.15, -0.1) is 0 Å². The minimum absolute atomic E-state index is 0.794. The van der Waals surface area contributed by atoms with Crippen LogP contribution in [0.4, 0.5) is 0 Å². The number of nitrogens with one attached hydrogen (secondary N) is 2. The van der Waals surface area contributed by atoms with Crippen molar-refractivity contribution in [3.8, 4) is 11.5 Å². The molecule has 1 aromatic carbocycles. The van der Waals surface area contributed by atoms with Crippen molar-refractivity contribution in [2.24, 2.45) is 0 Å². The summed E-state index contributed by atoms with van der Waals surface area (Å²) in [6.07, 6.45) is 3.82. The predicted octanol–water partition coefficient (Wildman–Crippen LogP) is -0.418. The zero-order valence-electron chi connectivity index (χ0n) is 14.5. The van der Waals surface area contributed by atoms with E-state index in [1.807, 2.05) is 24.5 Å². The Bertz CT molecular complexity index is 640. The SMILES string of the molecule is COc1ccc(C[NH+]2CC[NH+](Cc3cccnc3)CC2)cc1OC. The van der Waals surface area contributed by atoms with Crippen LogP contribution in [-0.2, 0) is 13.1 Å². The number of hydrogen-bond acceptors (Lipinski definition) is 3. The monoisotopic (exact) mass is 329 g/mol. The predicted molar refractivity (Wildman–Crippen MR) is 92.6 cm³/mol. The molecule has 0 radical (unpaired) electrons. The molecule has 2 aromatic rings. The third-order valence-corrected chi connectivity index (χ3v) is 4.74. The smallest absolute Gasteiger partial charge is 0.161 e. The maximum Gasteiger partial charge on any atom is 0.161 e. The summed E-state index contributed by atoms with van der Waals surface area (Å²) in [6.45, 7) is 6.93. The average Bonchev–Trinajstić information content (AvgIpc) is 2.64. The zero-order valence-corrected chi connectivity index (χ0v) is 14.5. The molecular weight excluding hydrogens is 302 g/mol. The van der Waals surface area contributed by atoms with Crippen LogP contribution in [-0.4, -0.2) is 45.4 Å². The second-order valence-electron chi connectivity index (χ2n) is 6.40. The third kappa shape index (κ3) is 4.24. The minimum Gasteiger partial charge on any atom is -0.493 e. The van der Waals surface area contributed by atoms with Crippen LogP contribution in [0.15, 0.2) is 42.7 Å². The van der Waals surface area contributed by atoms with E-state index in [9.17, 15) is 0 Å².